The predicted octanol–water partition coefficient (Wildman–Crippen LogP) is 3.77. The summed E-state index contributed by atoms with van der Waals surface area (Å²) in [4.78, 5) is 20.5. The molecule has 0 aromatic rings. The van der Waals surface area contributed by atoms with Gasteiger partial charge in [-0.1, -0.05) is 19.8 Å². The fourth-order valence-corrected chi connectivity index (χ4v) is 1.05. The Morgan fingerprint density at radius 1 is 1.12 bits per heavy atom. The van der Waals surface area contributed by atoms with E-state index in [4.69, 9.17) is 9.62 Å². The van der Waals surface area contributed by atoms with Gasteiger partial charge in [0.15, 0.2) is 0 Å². The third-order valence-corrected chi connectivity index (χ3v) is 1.88. The highest BCUT2D eigenvalue weighted by molar-refractivity contribution is 5.59. The van der Waals surface area contributed by atoms with E-state index in [1.54, 1.807) is 20.8 Å². The van der Waals surface area contributed by atoms with Crippen LogP contribution in [0.5, 0.6) is 0 Å². The standard InChI is InChI=1S/C12H24O5/c1-7-8-9-12(5,6)16-17-15-10(13)14-11(2,3)4/h7-9H2,1-6H3. The van der Waals surface area contributed by atoms with Crippen LogP contribution in [-0.4, -0.2) is 17.4 Å². The maximum absolute atomic E-state index is 11.1. The lowest BCUT2D eigenvalue weighted by atomic mass is 10.0. The Kier molecular flexibility index (Phi) is 6.49. The van der Waals surface area contributed by atoms with E-state index in [9.17, 15) is 4.79 Å². The number of carbonyl (C=O) groups excluding carboxylic acids is 1. The average molecular weight is 248 g/mol. The van der Waals surface area contributed by atoms with Gasteiger partial charge in [0.25, 0.3) is 0 Å². The van der Waals surface area contributed by atoms with Crippen LogP contribution in [0.1, 0.15) is 60.8 Å². The lowest BCUT2D eigenvalue weighted by Crippen LogP contribution is -2.28. The van der Waals surface area contributed by atoms with Gasteiger partial charge < -0.3 is 4.74 Å². The van der Waals surface area contributed by atoms with E-state index in [-0.39, 0.29) is 0 Å². The van der Waals surface area contributed by atoms with Gasteiger partial charge in [0.1, 0.15) is 11.2 Å². The summed E-state index contributed by atoms with van der Waals surface area (Å²) in [5.74, 6) is 0. The molecule has 0 amide bonds. The van der Waals surface area contributed by atoms with Crippen molar-refractivity contribution < 1.29 is 24.3 Å². The highest BCUT2D eigenvalue weighted by Gasteiger charge is 2.23. The van der Waals surface area contributed by atoms with Crippen LogP contribution in [0.25, 0.3) is 0 Å². The SMILES string of the molecule is CCCCC(C)(C)OOOC(=O)OC(C)(C)C. The van der Waals surface area contributed by atoms with Gasteiger partial charge in [-0.2, -0.15) is 4.89 Å². The first-order chi connectivity index (χ1) is 7.66. The Hall–Kier alpha value is -0.810. The Morgan fingerprint density at radius 3 is 2.18 bits per heavy atom. The molecule has 0 unspecified atom stereocenters. The Bertz CT molecular complexity index is 230. The lowest BCUT2D eigenvalue weighted by Gasteiger charge is -2.22. The minimum Gasteiger partial charge on any atom is -0.427 e. The molecule has 0 aromatic heterocycles. The van der Waals surface area contributed by atoms with Crippen molar-refractivity contribution in [1.29, 1.82) is 0 Å². The third kappa shape index (κ3) is 10.1. The first-order valence-corrected chi connectivity index (χ1v) is 5.91. The molecule has 0 aliphatic carbocycles. The van der Waals surface area contributed by atoms with Crippen molar-refractivity contribution in [2.75, 3.05) is 0 Å². The molecule has 0 aliphatic heterocycles. The van der Waals surface area contributed by atoms with Gasteiger partial charge in [-0.05, 0) is 46.1 Å². The summed E-state index contributed by atoms with van der Waals surface area (Å²) in [6.07, 6.45) is 1.99. The highest BCUT2D eigenvalue weighted by atomic mass is 17.5. The van der Waals surface area contributed by atoms with Gasteiger partial charge in [-0.15, -0.1) is 0 Å². The normalized spacial score (nSPS) is 12.4. The Morgan fingerprint density at radius 2 is 1.71 bits per heavy atom. The molecule has 0 saturated carbocycles. The maximum atomic E-state index is 11.1. The second-order valence-corrected chi connectivity index (χ2v) is 5.56. The first-order valence-electron chi connectivity index (χ1n) is 5.91. The second kappa shape index (κ2) is 6.81. The van der Waals surface area contributed by atoms with Crippen molar-refractivity contribution >= 4 is 6.16 Å². The molecule has 17 heavy (non-hydrogen) atoms. The van der Waals surface area contributed by atoms with Crippen LogP contribution in [0.2, 0.25) is 0 Å². The largest absolute Gasteiger partial charge is 0.543 e. The second-order valence-electron chi connectivity index (χ2n) is 5.56. The predicted molar refractivity (Wildman–Crippen MR) is 63.1 cm³/mol. The van der Waals surface area contributed by atoms with Gasteiger partial charge in [0.05, 0.1) is 0 Å². The first kappa shape index (κ1) is 16.2. The van der Waals surface area contributed by atoms with E-state index >= 15 is 0 Å². The van der Waals surface area contributed by atoms with Crippen molar-refractivity contribution in [3.63, 3.8) is 0 Å². The molecule has 0 heterocycles. The monoisotopic (exact) mass is 248 g/mol. The van der Waals surface area contributed by atoms with E-state index in [0.717, 1.165) is 19.3 Å². The quantitative estimate of drug-likeness (QED) is 0.407. The van der Waals surface area contributed by atoms with E-state index < -0.39 is 17.4 Å². The molecule has 0 rings (SSSR count). The molecule has 0 aliphatic rings. The van der Waals surface area contributed by atoms with Crippen molar-refractivity contribution in [1.82, 2.24) is 0 Å². The molecule has 0 aromatic carbocycles. The lowest BCUT2D eigenvalue weighted by molar-refractivity contribution is -0.518. The number of hydrogen-bond acceptors (Lipinski definition) is 5. The van der Waals surface area contributed by atoms with E-state index in [1.807, 2.05) is 13.8 Å². The number of carbonyl (C=O) groups is 1. The summed E-state index contributed by atoms with van der Waals surface area (Å²) in [5.41, 5.74) is -1.10. The van der Waals surface area contributed by atoms with E-state index in [2.05, 4.69) is 16.8 Å². The molecule has 5 nitrogen and oxygen atoms in total. The molecule has 0 bridgehead atoms. The molecule has 0 saturated heterocycles. The molecule has 0 radical (unpaired) electrons. The molecule has 0 spiro atoms. The van der Waals surface area contributed by atoms with Crippen LogP contribution in [0.3, 0.4) is 0 Å². The smallest absolute Gasteiger partial charge is 0.427 e. The van der Waals surface area contributed by atoms with Crippen LogP contribution < -0.4 is 0 Å². The fraction of sp³-hybridized carbons (Fsp3) is 0.917. The average Bonchev–Trinajstić information content (AvgIpc) is 2.11. The molecule has 0 atom stereocenters. The number of rotatable bonds is 6. The minimum absolute atomic E-state index is 0.488. The van der Waals surface area contributed by atoms with E-state index in [1.165, 1.54) is 0 Å². The van der Waals surface area contributed by atoms with Crippen molar-refractivity contribution in [2.24, 2.45) is 0 Å². The number of unbranched alkanes of at least 4 members (excludes halogenated alkanes) is 1. The summed E-state index contributed by atoms with van der Waals surface area (Å²) in [5, 5.41) is 4.43. The molecule has 0 fully saturated rings. The molecular formula is C12H24O5. The summed E-state index contributed by atoms with van der Waals surface area (Å²) in [7, 11) is 0. The fourth-order valence-electron chi connectivity index (χ4n) is 1.05. The van der Waals surface area contributed by atoms with Gasteiger partial charge in [0, 0.05) is 0 Å². The Balaban J connectivity index is 3.79. The minimum atomic E-state index is -0.913. The van der Waals surface area contributed by atoms with E-state index in [0.29, 0.717) is 0 Å². The summed E-state index contributed by atoms with van der Waals surface area (Å²) < 4.78 is 4.87. The van der Waals surface area contributed by atoms with Gasteiger partial charge in [-0.25, -0.2) is 9.68 Å². The van der Waals surface area contributed by atoms with Crippen LogP contribution in [0.15, 0.2) is 0 Å². The third-order valence-electron chi connectivity index (χ3n) is 1.88. The summed E-state index contributed by atoms with van der Waals surface area (Å²) in [6.45, 7) is 11.0. The number of hydrogen-bond donors (Lipinski definition) is 0. The molecule has 102 valence electrons. The topological polar surface area (TPSA) is 54.0 Å². The molecule has 0 N–H and O–H groups in total. The van der Waals surface area contributed by atoms with Crippen LogP contribution in [0, 0.1) is 0 Å². The zero-order valence-corrected chi connectivity index (χ0v) is 11.7. The summed E-state index contributed by atoms with van der Waals surface area (Å²) >= 11 is 0. The van der Waals surface area contributed by atoms with Gasteiger partial charge >= 0.3 is 6.16 Å². The molecular weight excluding hydrogens is 224 g/mol. The van der Waals surface area contributed by atoms with Crippen molar-refractivity contribution in [3.8, 4) is 0 Å². The zero-order valence-electron chi connectivity index (χ0n) is 11.7. The van der Waals surface area contributed by atoms with Crippen LogP contribution >= 0.6 is 0 Å². The van der Waals surface area contributed by atoms with Crippen molar-refractivity contribution in [2.45, 2.75) is 72.0 Å². The summed E-state index contributed by atoms with van der Waals surface area (Å²) in [6, 6.07) is 0. The maximum Gasteiger partial charge on any atom is 0.543 e. The highest BCUT2D eigenvalue weighted by Crippen LogP contribution is 2.18. The van der Waals surface area contributed by atoms with Crippen LogP contribution in [0.4, 0.5) is 4.79 Å². The zero-order chi connectivity index (χ0) is 13.5. The molecule has 5 heteroatoms. The van der Waals surface area contributed by atoms with Gasteiger partial charge in [-0.3, -0.25) is 0 Å². The Labute approximate surface area is 103 Å². The van der Waals surface area contributed by atoms with Gasteiger partial charge in [0.2, 0.25) is 0 Å². The van der Waals surface area contributed by atoms with Crippen LogP contribution in [-0.2, 0) is 19.6 Å². The van der Waals surface area contributed by atoms with Crippen molar-refractivity contribution in [3.05, 3.63) is 0 Å². The number of ether oxygens (including phenoxy) is 1.